The molecule has 0 unspecified atom stereocenters. The fraction of sp³-hybridized carbons (Fsp3) is 0.167. The number of nitrogens with zero attached hydrogens (tertiary/aromatic N) is 1. The third kappa shape index (κ3) is 5.09. The number of fused-ring (bicyclic) bond motifs is 1. The van der Waals surface area contributed by atoms with Gasteiger partial charge >= 0.3 is 0 Å². The maximum absolute atomic E-state index is 14.5. The van der Waals surface area contributed by atoms with Gasteiger partial charge in [-0.05, 0) is 18.2 Å². The lowest BCUT2D eigenvalue weighted by Gasteiger charge is -2.29. The molecule has 4 rings (SSSR count). The van der Waals surface area contributed by atoms with Crippen molar-refractivity contribution in [2.75, 3.05) is 17.8 Å². The van der Waals surface area contributed by atoms with Crippen LogP contribution in [-0.2, 0) is 17.9 Å². The number of amides is 2. The number of carbonyl (C=O) groups excluding carboxylic acids is 2. The number of rotatable bonds is 6. The minimum Gasteiger partial charge on any atom is -0.497 e. The summed E-state index contributed by atoms with van der Waals surface area (Å²) in [6.45, 7) is -0.974. The first kappa shape index (κ1) is 24.5. The summed E-state index contributed by atoms with van der Waals surface area (Å²) in [6, 6.07) is 7.37. The predicted octanol–water partition coefficient (Wildman–Crippen LogP) is 4.96. The van der Waals surface area contributed by atoms with Crippen LogP contribution in [0.25, 0.3) is 0 Å². The van der Waals surface area contributed by atoms with Gasteiger partial charge in [0.25, 0.3) is 5.91 Å². The van der Waals surface area contributed by atoms with E-state index in [2.05, 4.69) is 5.32 Å². The summed E-state index contributed by atoms with van der Waals surface area (Å²) >= 11 is 1.20. The Kier molecular flexibility index (Phi) is 6.97. The molecule has 182 valence electrons. The number of ether oxygens (including phenoxy) is 1. The third-order valence-corrected chi connectivity index (χ3v) is 6.41. The molecule has 11 heteroatoms. The molecule has 0 bridgehead atoms. The molecule has 2 amide bonds. The van der Waals surface area contributed by atoms with Crippen LogP contribution in [0.5, 0.6) is 5.75 Å². The first-order valence-corrected chi connectivity index (χ1v) is 11.2. The van der Waals surface area contributed by atoms with Gasteiger partial charge in [-0.2, -0.15) is 0 Å². The van der Waals surface area contributed by atoms with Crippen LogP contribution in [-0.4, -0.2) is 24.7 Å². The molecule has 35 heavy (non-hydrogen) atoms. The summed E-state index contributed by atoms with van der Waals surface area (Å²) in [7, 11) is 1.26. The Balaban J connectivity index is 1.59. The summed E-state index contributed by atoms with van der Waals surface area (Å²) in [5, 5.41) is 2.34. The molecule has 0 spiro atoms. The number of hydrogen-bond donors (Lipinski definition) is 1. The van der Waals surface area contributed by atoms with E-state index in [-0.39, 0.29) is 28.3 Å². The van der Waals surface area contributed by atoms with Gasteiger partial charge < -0.3 is 15.0 Å². The summed E-state index contributed by atoms with van der Waals surface area (Å²) in [6.07, 6.45) is 0. The molecule has 0 atom stereocenters. The highest BCUT2D eigenvalue weighted by Gasteiger charge is 2.28. The second kappa shape index (κ2) is 9.95. The molecule has 0 aromatic heterocycles. The fourth-order valence-corrected chi connectivity index (χ4v) is 4.45. The maximum Gasteiger partial charge on any atom is 0.251 e. The van der Waals surface area contributed by atoms with E-state index in [1.807, 2.05) is 0 Å². The van der Waals surface area contributed by atoms with Crippen LogP contribution >= 0.6 is 11.8 Å². The van der Waals surface area contributed by atoms with Crippen LogP contribution in [0, 0.1) is 29.1 Å². The molecule has 1 N–H and O–H groups in total. The van der Waals surface area contributed by atoms with Gasteiger partial charge in [-0.1, -0.05) is 0 Å². The Morgan fingerprint density at radius 2 is 1.60 bits per heavy atom. The molecule has 3 aromatic carbocycles. The van der Waals surface area contributed by atoms with Gasteiger partial charge in [-0.25, -0.2) is 22.0 Å². The van der Waals surface area contributed by atoms with E-state index in [1.54, 1.807) is 6.07 Å². The van der Waals surface area contributed by atoms with Crippen molar-refractivity contribution in [3.05, 3.63) is 88.2 Å². The van der Waals surface area contributed by atoms with Crippen molar-refractivity contribution in [1.29, 1.82) is 0 Å². The highest BCUT2D eigenvalue weighted by molar-refractivity contribution is 8.00. The van der Waals surface area contributed by atoms with Gasteiger partial charge in [0.2, 0.25) is 5.91 Å². The lowest BCUT2D eigenvalue weighted by atomic mass is 10.1. The van der Waals surface area contributed by atoms with Crippen molar-refractivity contribution in [3.8, 4) is 5.75 Å². The van der Waals surface area contributed by atoms with Crippen molar-refractivity contribution in [3.63, 3.8) is 0 Å². The van der Waals surface area contributed by atoms with Crippen LogP contribution < -0.4 is 15.0 Å². The smallest absolute Gasteiger partial charge is 0.251 e. The molecule has 0 saturated carbocycles. The van der Waals surface area contributed by atoms with Crippen molar-refractivity contribution >= 4 is 29.3 Å². The molecule has 1 aliphatic rings. The molecule has 1 heterocycles. The average molecular weight is 508 g/mol. The summed E-state index contributed by atoms with van der Waals surface area (Å²) < 4.78 is 74.7. The molecule has 0 fully saturated rings. The van der Waals surface area contributed by atoms with Gasteiger partial charge in [0, 0.05) is 52.4 Å². The van der Waals surface area contributed by atoms with Gasteiger partial charge in [0.05, 0.1) is 25.1 Å². The number of benzene rings is 3. The monoisotopic (exact) mass is 508 g/mol. The average Bonchev–Trinajstić information content (AvgIpc) is 2.81. The highest BCUT2D eigenvalue weighted by atomic mass is 32.2. The van der Waals surface area contributed by atoms with Crippen LogP contribution in [0.2, 0.25) is 0 Å². The standard InChI is InChI=1S/C24H17F5N2O3S/c1-34-14-7-19(28)16(20(29)8-14)10-31-21-4-12(2-3-22(21)35-11-23(31)32)24(33)30-9-15-17(26)5-13(25)6-18(15)27/h2-8H,9-11H2,1H3,(H,30,33). The number of hydrogen-bond acceptors (Lipinski definition) is 4. The zero-order chi connectivity index (χ0) is 25.3. The van der Waals surface area contributed by atoms with E-state index < -0.39 is 59.6 Å². The molecule has 1 aliphatic heterocycles. The molecule has 5 nitrogen and oxygen atoms in total. The maximum atomic E-state index is 14.5. The van der Waals surface area contributed by atoms with E-state index in [1.165, 1.54) is 31.0 Å². The highest BCUT2D eigenvalue weighted by Crippen LogP contribution is 2.37. The second-order valence-electron chi connectivity index (χ2n) is 7.55. The van der Waals surface area contributed by atoms with Crippen molar-refractivity contribution in [2.24, 2.45) is 0 Å². The van der Waals surface area contributed by atoms with Gasteiger partial charge in [-0.15, -0.1) is 11.8 Å². The lowest BCUT2D eigenvalue weighted by Crippen LogP contribution is -2.35. The Morgan fingerprint density at radius 1 is 0.971 bits per heavy atom. The van der Waals surface area contributed by atoms with Crippen molar-refractivity contribution in [1.82, 2.24) is 5.32 Å². The van der Waals surface area contributed by atoms with Crippen LogP contribution in [0.4, 0.5) is 27.6 Å². The van der Waals surface area contributed by atoms with E-state index in [0.717, 1.165) is 17.0 Å². The number of nitrogens with one attached hydrogen (secondary N) is 1. The SMILES string of the molecule is COc1cc(F)c(CN2C(=O)CSc3ccc(C(=O)NCc4c(F)cc(F)cc4F)cc32)c(F)c1. The lowest BCUT2D eigenvalue weighted by molar-refractivity contribution is -0.116. The van der Waals surface area contributed by atoms with Crippen LogP contribution in [0.1, 0.15) is 21.5 Å². The molecular weight excluding hydrogens is 491 g/mol. The van der Waals surface area contributed by atoms with E-state index >= 15 is 0 Å². The van der Waals surface area contributed by atoms with Crippen molar-refractivity contribution < 1.29 is 36.3 Å². The Morgan fingerprint density at radius 3 is 2.23 bits per heavy atom. The minimum absolute atomic E-state index is 0.0161. The number of halogens is 5. The second-order valence-corrected chi connectivity index (χ2v) is 8.57. The van der Waals surface area contributed by atoms with Gasteiger partial charge in [-0.3, -0.25) is 9.59 Å². The largest absolute Gasteiger partial charge is 0.497 e. The zero-order valence-electron chi connectivity index (χ0n) is 18.1. The normalized spacial score (nSPS) is 13.0. The zero-order valence-corrected chi connectivity index (χ0v) is 18.9. The predicted molar refractivity (Wildman–Crippen MR) is 119 cm³/mol. The summed E-state index contributed by atoms with van der Waals surface area (Å²) in [5.41, 5.74) is -0.569. The van der Waals surface area contributed by atoms with E-state index in [4.69, 9.17) is 4.74 Å². The third-order valence-electron chi connectivity index (χ3n) is 5.36. The number of carbonyl (C=O) groups is 2. The number of anilines is 1. The minimum atomic E-state index is -1.15. The fourth-order valence-electron chi connectivity index (χ4n) is 3.54. The first-order chi connectivity index (χ1) is 16.7. The molecule has 0 saturated heterocycles. The molecule has 0 aliphatic carbocycles. The Bertz CT molecular complexity index is 1290. The first-order valence-electron chi connectivity index (χ1n) is 10.2. The van der Waals surface area contributed by atoms with Crippen LogP contribution in [0.15, 0.2) is 47.4 Å². The Hall–Kier alpha value is -3.60. The topological polar surface area (TPSA) is 58.6 Å². The summed E-state index contributed by atoms with van der Waals surface area (Å²) in [4.78, 5) is 27.0. The quantitative estimate of drug-likeness (QED) is 0.479. The number of thioether (sulfide) groups is 1. The molecule has 0 radical (unpaired) electrons. The van der Waals surface area contributed by atoms with Crippen molar-refractivity contribution in [2.45, 2.75) is 18.0 Å². The van der Waals surface area contributed by atoms with E-state index in [9.17, 15) is 31.5 Å². The number of methoxy groups -OCH3 is 1. The molecule has 3 aromatic rings. The van der Waals surface area contributed by atoms with Crippen LogP contribution in [0.3, 0.4) is 0 Å². The van der Waals surface area contributed by atoms with Gasteiger partial charge in [0.1, 0.15) is 34.8 Å². The van der Waals surface area contributed by atoms with Gasteiger partial charge in [0.15, 0.2) is 0 Å². The molecular formula is C24H17F5N2O3S. The summed E-state index contributed by atoms with van der Waals surface area (Å²) in [5.74, 6) is -6.31. The Labute approximate surface area is 200 Å². The van der Waals surface area contributed by atoms with E-state index in [0.29, 0.717) is 17.0 Å².